The molecule has 4 nitrogen and oxygen atoms in total. The molecule has 0 aliphatic carbocycles. The molecule has 0 fully saturated rings. The smallest absolute Gasteiger partial charge is 0.327 e. The Balaban J connectivity index is 2.01. The van der Waals surface area contributed by atoms with Crippen LogP contribution in [0.3, 0.4) is 0 Å². The minimum Gasteiger partial charge on any atom is -0.497 e. The van der Waals surface area contributed by atoms with Crippen molar-refractivity contribution in [1.82, 2.24) is 5.32 Å². The van der Waals surface area contributed by atoms with Crippen LogP contribution in [-0.2, 0) is 9.53 Å². The quantitative estimate of drug-likeness (QED) is 0.798. The summed E-state index contributed by atoms with van der Waals surface area (Å²) in [6.07, 6.45) is 3.99. The van der Waals surface area contributed by atoms with Gasteiger partial charge in [0.15, 0.2) is 0 Å². The highest BCUT2D eigenvalue weighted by atomic mass is 16.5. The molecule has 1 N–H and O–H groups in total. The van der Waals surface area contributed by atoms with E-state index < -0.39 is 6.04 Å². The summed E-state index contributed by atoms with van der Waals surface area (Å²) in [5.74, 6) is 0.435. The first kappa shape index (κ1) is 16.8. The van der Waals surface area contributed by atoms with Crippen molar-refractivity contribution in [3.63, 3.8) is 0 Å². The van der Waals surface area contributed by atoms with Gasteiger partial charge in [-0.2, -0.15) is 0 Å². The van der Waals surface area contributed by atoms with Crippen LogP contribution in [0.2, 0.25) is 0 Å². The van der Waals surface area contributed by atoms with Crippen LogP contribution in [0.5, 0.6) is 5.75 Å². The number of hydrogen-bond donors (Lipinski definition) is 1. The first-order valence-corrected chi connectivity index (χ1v) is 7.41. The van der Waals surface area contributed by atoms with Crippen LogP contribution in [0.4, 0.5) is 0 Å². The Morgan fingerprint density at radius 2 is 1.78 bits per heavy atom. The molecule has 0 spiro atoms. The van der Waals surface area contributed by atoms with Crippen LogP contribution in [0.1, 0.15) is 17.2 Å². The number of nitrogens with one attached hydrogen (secondary N) is 1. The molecule has 0 saturated heterocycles. The first-order chi connectivity index (χ1) is 11.2. The molecule has 120 valence electrons. The van der Waals surface area contributed by atoms with Gasteiger partial charge in [-0.15, -0.1) is 0 Å². The van der Waals surface area contributed by atoms with E-state index in [1.54, 1.807) is 7.11 Å². The second kappa shape index (κ2) is 8.76. The fourth-order valence-electron chi connectivity index (χ4n) is 2.20. The van der Waals surface area contributed by atoms with Crippen molar-refractivity contribution < 1.29 is 14.3 Å². The monoisotopic (exact) mass is 311 g/mol. The molecule has 0 amide bonds. The van der Waals surface area contributed by atoms with E-state index in [2.05, 4.69) is 5.32 Å². The fraction of sp³-hybridized carbons (Fsp3) is 0.211. The summed E-state index contributed by atoms with van der Waals surface area (Å²) in [6, 6.07) is 16.9. The first-order valence-electron chi connectivity index (χ1n) is 7.41. The van der Waals surface area contributed by atoms with Crippen LogP contribution in [0.15, 0.2) is 60.7 Å². The van der Waals surface area contributed by atoms with Gasteiger partial charge in [0.25, 0.3) is 0 Å². The number of methoxy groups -OCH3 is 2. The van der Waals surface area contributed by atoms with E-state index in [9.17, 15) is 4.79 Å². The number of carbonyl (C=O) groups excluding carboxylic acids is 1. The lowest BCUT2D eigenvalue weighted by Gasteiger charge is -2.16. The highest BCUT2D eigenvalue weighted by Crippen LogP contribution is 2.18. The largest absolute Gasteiger partial charge is 0.497 e. The van der Waals surface area contributed by atoms with Crippen molar-refractivity contribution in [2.24, 2.45) is 0 Å². The minimum absolute atomic E-state index is 0.316. The summed E-state index contributed by atoms with van der Waals surface area (Å²) in [5, 5.41) is 3.19. The molecule has 1 atom stereocenters. The molecular weight excluding hydrogens is 290 g/mol. The van der Waals surface area contributed by atoms with Gasteiger partial charge in [0.2, 0.25) is 0 Å². The molecule has 2 aromatic rings. The van der Waals surface area contributed by atoms with Gasteiger partial charge in [-0.1, -0.05) is 54.6 Å². The third-order valence-corrected chi connectivity index (χ3v) is 3.44. The van der Waals surface area contributed by atoms with Gasteiger partial charge >= 0.3 is 5.97 Å². The van der Waals surface area contributed by atoms with E-state index in [1.165, 1.54) is 7.11 Å². The second-order valence-electron chi connectivity index (χ2n) is 4.95. The lowest BCUT2D eigenvalue weighted by molar-refractivity contribution is -0.143. The van der Waals surface area contributed by atoms with Gasteiger partial charge in [0, 0.05) is 6.54 Å². The Hall–Kier alpha value is -2.59. The Morgan fingerprint density at radius 1 is 1.09 bits per heavy atom. The summed E-state index contributed by atoms with van der Waals surface area (Å²) in [5.41, 5.74) is 1.96. The fourth-order valence-corrected chi connectivity index (χ4v) is 2.20. The Labute approximate surface area is 136 Å². The predicted molar refractivity (Wildman–Crippen MR) is 91.2 cm³/mol. The molecule has 0 saturated carbocycles. The molecule has 0 aliphatic rings. The maximum absolute atomic E-state index is 12.0. The zero-order valence-electron chi connectivity index (χ0n) is 13.4. The van der Waals surface area contributed by atoms with E-state index >= 15 is 0 Å². The van der Waals surface area contributed by atoms with Gasteiger partial charge in [0.1, 0.15) is 11.8 Å². The normalized spacial score (nSPS) is 12.1. The van der Waals surface area contributed by atoms with Gasteiger partial charge < -0.3 is 9.47 Å². The molecule has 0 aromatic heterocycles. The van der Waals surface area contributed by atoms with Gasteiger partial charge in [0.05, 0.1) is 14.2 Å². The SMILES string of the molecule is COC(=O)[C@H](NC/C=C/c1ccccc1)c1ccc(OC)cc1. The molecule has 0 heterocycles. The number of esters is 1. The molecule has 2 aromatic carbocycles. The van der Waals surface area contributed by atoms with Crippen molar-refractivity contribution in [3.05, 3.63) is 71.8 Å². The molecular formula is C19H21NO3. The third kappa shape index (κ3) is 4.97. The van der Waals surface area contributed by atoms with Crippen molar-refractivity contribution in [3.8, 4) is 5.75 Å². The lowest BCUT2D eigenvalue weighted by Crippen LogP contribution is -2.29. The van der Waals surface area contributed by atoms with Crippen molar-refractivity contribution in [1.29, 1.82) is 0 Å². The highest BCUT2D eigenvalue weighted by Gasteiger charge is 2.20. The van der Waals surface area contributed by atoms with Gasteiger partial charge in [-0.3, -0.25) is 5.32 Å². The summed E-state index contributed by atoms with van der Waals surface area (Å²) in [4.78, 5) is 12.0. The average molecular weight is 311 g/mol. The van der Waals surface area contributed by atoms with Crippen LogP contribution in [-0.4, -0.2) is 26.7 Å². The standard InChI is InChI=1S/C19H21NO3/c1-22-17-12-10-16(11-13-17)18(19(21)23-2)20-14-6-9-15-7-4-3-5-8-15/h3-13,18,20H,14H2,1-2H3/b9-6+/t18-/m1/s1. The maximum Gasteiger partial charge on any atom is 0.327 e. The Morgan fingerprint density at radius 3 is 2.39 bits per heavy atom. The predicted octanol–water partition coefficient (Wildman–Crippen LogP) is 3.21. The molecule has 2 rings (SSSR count). The van der Waals surface area contributed by atoms with E-state index in [4.69, 9.17) is 9.47 Å². The van der Waals surface area contributed by atoms with Crippen LogP contribution in [0.25, 0.3) is 6.08 Å². The Bertz CT molecular complexity index is 635. The molecule has 0 aliphatic heterocycles. The Kier molecular flexibility index (Phi) is 6.39. The molecule has 0 bridgehead atoms. The maximum atomic E-state index is 12.0. The van der Waals surface area contributed by atoms with Crippen molar-refractivity contribution >= 4 is 12.0 Å². The summed E-state index contributed by atoms with van der Waals surface area (Å²) >= 11 is 0. The van der Waals surface area contributed by atoms with Crippen LogP contribution < -0.4 is 10.1 Å². The van der Waals surface area contributed by atoms with Gasteiger partial charge in [-0.25, -0.2) is 4.79 Å². The van der Waals surface area contributed by atoms with Gasteiger partial charge in [-0.05, 0) is 23.3 Å². The molecule has 0 radical (unpaired) electrons. The number of carbonyl (C=O) groups is 1. The lowest BCUT2D eigenvalue weighted by atomic mass is 10.1. The van der Waals surface area contributed by atoms with E-state index in [1.807, 2.05) is 66.7 Å². The molecule has 23 heavy (non-hydrogen) atoms. The molecule has 4 heteroatoms. The summed E-state index contributed by atoms with van der Waals surface area (Å²) in [7, 11) is 3.00. The molecule has 0 unspecified atom stereocenters. The summed E-state index contributed by atoms with van der Waals surface area (Å²) < 4.78 is 10.0. The summed E-state index contributed by atoms with van der Waals surface area (Å²) in [6.45, 7) is 0.556. The zero-order chi connectivity index (χ0) is 16.5. The number of hydrogen-bond acceptors (Lipinski definition) is 4. The number of ether oxygens (including phenoxy) is 2. The van der Waals surface area contributed by atoms with Crippen molar-refractivity contribution in [2.45, 2.75) is 6.04 Å². The zero-order valence-corrected chi connectivity index (χ0v) is 13.4. The minimum atomic E-state index is -0.508. The van der Waals surface area contributed by atoms with E-state index in [-0.39, 0.29) is 5.97 Å². The van der Waals surface area contributed by atoms with E-state index in [0.29, 0.717) is 6.54 Å². The topological polar surface area (TPSA) is 47.6 Å². The number of rotatable bonds is 7. The van der Waals surface area contributed by atoms with Crippen LogP contribution in [0, 0.1) is 0 Å². The average Bonchev–Trinajstić information content (AvgIpc) is 2.62. The van der Waals surface area contributed by atoms with Crippen molar-refractivity contribution in [2.75, 3.05) is 20.8 Å². The second-order valence-corrected chi connectivity index (χ2v) is 4.95. The highest BCUT2D eigenvalue weighted by molar-refractivity contribution is 5.77. The van der Waals surface area contributed by atoms with Crippen LogP contribution >= 0.6 is 0 Å². The number of benzene rings is 2. The van der Waals surface area contributed by atoms with E-state index in [0.717, 1.165) is 16.9 Å². The third-order valence-electron chi connectivity index (χ3n) is 3.44.